The molecule has 0 aliphatic carbocycles. The number of alkyl halides is 6. The van der Waals surface area contributed by atoms with E-state index in [0.29, 0.717) is 39.7 Å². The minimum absolute atomic E-state index is 0.316. The highest BCUT2D eigenvalue weighted by atomic mass is 32.2. The molecule has 6 aromatic rings. The first-order valence-electron chi connectivity index (χ1n) is 18.5. The van der Waals surface area contributed by atoms with Gasteiger partial charge >= 0.3 is 24.3 Å². The fourth-order valence-electron chi connectivity index (χ4n) is 6.05. The van der Waals surface area contributed by atoms with E-state index in [9.17, 15) is 35.9 Å². The topological polar surface area (TPSA) is 61.8 Å². The van der Waals surface area contributed by atoms with Crippen molar-refractivity contribution in [1.82, 2.24) is 0 Å². The van der Waals surface area contributed by atoms with Crippen LogP contribution in [0.1, 0.15) is 38.9 Å². The molecule has 0 heterocycles. The van der Waals surface area contributed by atoms with Crippen molar-refractivity contribution in [2.75, 3.05) is 13.2 Å². The number of thioether (sulfide) groups is 2. The summed E-state index contributed by atoms with van der Waals surface area (Å²) < 4.78 is 94.1. The Kier molecular flexibility index (Phi) is 14.0. The van der Waals surface area contributed by atoms with Crippen LogP contribution in [0.3, 0.4) is 0 Å². The Hall–Kier alpha value is -5.66. The molecule has 0 amide bonds. The second-order valence-electron chi connectivity index (χ2n) is 13.8. The van der Waals surface area contributed by atoms with Crippen LogP contribution in [0.15, 0.2) is 137 Å². The zero-order valence-corrected chi connectivity index (χ0v) is 34.2. The van der Waals surface area contributed by atoms with Crippen LogP contribution in [-0.4, -0.2) is 25.2 Å². The molecule has 0 saturated carbocycles. The van der Waals surface area contributed by atoms with E-state index in [4.69, 9.17) is 14.2 Å². The predicted octanol–water partition coefficient (Wildman–Crippen LogP) is 13.1. The molecule has 0 atom stereocenters. The number of hydrogen-bond acceptors (Lipinski definition) is 7. The summed E-state index contributed by atoms with van der Waals surface area (Å²) in [4.78, 5) is 26.8. The smallest absolute Gasteiger partial charge is 0.416 e. The molecule has 0 bridgehead atoms. The number of rotatable bonds is 14. The van der Waals surface area contributed by atoms with Crippen LogP contribution < -0.4 is 9.47 Å². The summed E-state index contributed by atoms with van der Waals surface area (Å²) in [5.41, 5.74) is 6.18. The lowest BCUT2D eigenvalue weighted by Crippen LogP contribution is -2.22. The van der Waals surface area contributed by atoms with Crippen LogP contribution in [0.2, 0.25) is 0 Å². The fraction of sp³-hybridized carbons (Fsp3) is 0.191. The molecule has 0 aliphatic rings. The average Bonchev–Trinajstić information content (AvgIpc) is 3.22. The molecular formula is C47H38F6O5S2. The Balaban J connectivity index is 0.931. The molecule has 60 heavy (non-hydrogen) atoms. The molecule has 0 fully saturated rings. The van der Waals surface area contributed by atoms with Gasteiger partial charge in [-0.3, -0.25) is 0 Å². The van der Waals surface area contributed by atoms with Crippen LogP contribution in [-0.2, 0) is 38.2 Å². The molecule has 0 saturated heterocycles. The molecule has 0 unspecified atom stereocenters. The Morgan fingerprint density at radius 2 is 1.05 bits per heavy atom. The second kappa shape index (κ2) is 19.2. The number of aryl methyl sites for hydroxylation is 3. The fourth-order valence-corrected chi connectivity index (χ4v) is 8.04. The van der Waals surface area contributed by atoms with E-state index in [-0.39, 0.29) is 0 Å². The molecule has 310 valence electrons. The Morgan fingerprint density at radius 3 is 1.62 bits per heavy atom. The first kappa shape index (κ1) is 43.9. The number of ether oxygens (including phenoxy) is 3. The standard InChI is InChI=1S/C47H38F6O5S2/c1-29-7-8-36(34-11-15-39(16-12-34)47(51,52)53)24-37(29)28-60-41-17-19-42(30(2)21-41)56-25-44(54)57-26-45(55)58-43-20-18-40(22-31(43)3)59-27-32-5-4-6-35(23-32)33-9-13-38(14-10-33)46(48,49)50/h4-24H,25-28H2,1-3H3. The van der Waals surface area contributed by atoms with Crippen LogP contribution in [0, 0.1) is 20.8 Å². The molecule has 0 radical (unpaired) electrons. The van der Waals surface area contributed by atoms with Crippen molar-refractivity contribution < 1.29 is 50.1 Å². The zero-order valence-electron chi connectivity index (χ0n) is 32.6. The minimum Gasteiger partial charge on any atom is -0.482 e. The van der Waals surface area contributed by atoms with Crippen LogP contribution >= 0.6 is 23.5 Å². The molecule has 6 rings (SSSR count). The van der Waals surface area contributed by atoms with Crippen molar-refractivity contribution in [3.63, 3.8) is 0 Å². The predicted molar refractivity (Wildman–Crippen MR) is 222 cm³/mol. The van der Waals surface area contributed by atoms with Gasteiger partial charge in [-0.15, -0.1) is 23.5 Å². The first-order valence-corrected chi connectivity index (χ1v) is 20.5. The quantitative estimate of drug-likeness (QED) is 0.0468. The summed E-state index contributed by atoms with van der Waals surface area (Å²) >= 11 is 3.13. The third kappa shape index (κ3) is 12.0. The Bertz CT molecular complexity index is 2460. The first-order chi connectivity index (χ1) is 28.5. The maximum absolute atomic E-state index is 13.0. The molecule has 0 N–H and O–H groups in total. The third-order valence-corrected chi connectivity index (χ3v) is 11.5. The maximum atomic E-state index is 13.0. The van der Waals surface area contributed by atoms with Gasteiger partial charge in [0.15, 0.2) is 13.2 Å². The Labute approximate surface area is 352 Å². The van der Waals surface area contributed by atoms with Crippen molar-refractivity contribution in [1.29, 1.82) is 0 Å². The number of hydrogen-bond donors (Lipinski definition) is 0. The minimum atomic E-state index is -4.39. The van der Waals surface area contributed by atoms with E-state index >= 15 is 0 Å². The van der Waals surface area contributed by atoms with Gasteiger partial charge in [-0.05, 0) is 132 Å². The van der Waals surface area contributed by atoms with Crippen molar-refractivity contribution in [2.24, 2.45) is 0 Å². The number of halogens is 6. The summed E-state index contributed by atoms with van der Waals surface area (Å²) in [6, 6.07) is 34.4. The van der Waals surface area contributed by atoms with Crippen LogP contribution in [0.25, 0.3) is 22.3 Å². The van der Waals surface area contributed by atoms with Crippen molar-refractivity contribution >= 4 is 35.5 Å². The van der Waals surface area contributed by atoms with E-state index in [1.807, 2.05) is 74.5 Å². The molecule has 0 aliphatic heterocycles. The van der Waals surface area contributed by atoms with Crippen molar-refractivity contribution in [3.8, 4) is 33.8 Å². The summed E-state index contributed by atoms with van der Waals surface area (Å²) in [5, 5.41) is 0. The van der Waals surface area contributed by atoms with Gasteiger partial charge in [0, 0.05) is 21.3 Å². The molecule has 13 heteroatoms. The maximum Gasteiger partial charge on any atom is 0.416 e. The number of esters is 2. The van der Waals surface area contributed by atoms with Gasteiger partial charge < -0.3 is 14.2 Å². The molecule has 6 aromatic carbocycles. The molecule has 5 nitrogen and oxygen atoms in total. The van der Waals surface area contributed by atoms with Gasteiger partial charge in [0.1, 0.15) is 11.5 Å². The van der Waals surface area contributed by atoms with Crippen LogP contribution in [0.4, 0.5) is 26.3 Å². The van der Waals surface area contributed by atoms with E-state index in [1.54, 1.807) is 48.6 Å². The second-order valence-corrected chi connectivity index (χ2v) is 15.9. The number of carbonyl (C=O) groups excluding carboxylic acids is 2. The van der Waals surface area contributed by atoms with Gasteiger partial charge in [-0.25, -0.2) is 9.59 Å². The highest BCUT2D eigenvalue weighted by molar-refractivity contribution is 7.98. The highest BCUT2D eigenvalue weighted by Gasteiger charge is 2.31. The number of benzene rings is 6. The van der Waals surface area contributed by atoms with Gasteiger partial charge in [-0.2, -0.15) is 26.3 Å². The van der Waals surface area contributed by atoms with Crippen LogP contribution in [0.5, 0.6) is 11.5 Å². The number of carbonyl (C=O) groups is 2. The van der Waals surface area contributed by atoms with Gasteiger partial charge in [0.25, 0.3) is 0 Å². The lowest BCUT2D eigenvalue weighted by molar-refractivity contribution is -0.155. The van der Waals surface area contributed by atoms with Gasteiger partial charge in [0.2, 0.25) is 0 Å². The Morgan fingerprint density at radius 1 is 0.517 bits per heavy atom. The summed E-state index contributed by atoms with van der Waals surface area (Å²) in [5.74, 6) is 0.501. The normalized spacial score (nSPS) is 11.6. The average molecular weight is 861 g/mol. The summed E-state index contributed by atoms with van der Waals surface area (Å²) in [6.45, 7) is 4.58. The van der Waals surface area contributed by atoms with E-state index in [2.05, 4.69) is 0 Å². The van der Waals surface area contributed by atoms with E-state index in [0.717, 1.165) is 67.4 Å². The van der Waals surface area contributed by atoms with Crippen molar-refractivity contribution in [3.05, 3.63) is 166 Å². The van der Waals surface area contributed by atoms with E-state index in [1.165, 1.54) is 24.3 Å². The molecule has 0 spiro atoms. The molecule has 0 aromatic heterocycles. The summed E-state index contributed by atoms with van der Waals surface area (Å²) in [6.07, 6.45) is -8.78. The monoisotopic (exact) mass is 860 g/mol. The van der Waals surface area contributed by atoms with Gasteiger partial charge in [0.05, 0.1) is 11.1 Å². The highest BCUT2D eigenvalue weighted by Crippen LogP contribution is 2.35. The third-order valence-electron chi connectivity index (χ3n) is 9.38. The molecular weight excluding hydrogens is 823 g/mol. The zero-order chi connectivity index (χ0) is 43.0. The van der Waals surface area contributed by atoms with E-state index < -0.39 is 48.6 Å². The largest absolute Gasteiger partial charge is 0.482 e. The van der Waals surface area contributed by atoms with Crippen molar-refractivity contribution in [2.45, 2.75) is 54.4 Å². The SMILES string of the molecule is Cc1ccc(-c2ccc(C(F)(F)F)cc2)cc1CSc1ccc(OCC(=O)OCC(=O)Oc2ccc(SCc3cccc(-c4ccc(C(F)(F)F)cc4)c3)cc2C)c(C)c1. The van der Waals surface area contributed by atoms with Gasteiger partial charge in [-0.1, -0.05) is 66.7 Å². The lowest BCUT2D eigenvalue weighted by atomic mass is 9.99. The summed E-state index contributed by atoms with van der Waals surface area (Å²) in [7, 11) is 0. The lowest BCUT2D eigenvalue weighted by Gasteiger charge is -2.13.